The zero-order valence-electron chi connectivity index (χ0n) is 14.6. The van der Waals surface area contributed by atoms with Gasteiger partial charge >= 0.3 is 23.9 Å². The molecule has 2 aliphatic carbocycles. The highest BCUT2D eigenvalue weighted by atomic mass is 16.6. The van der Waals surface area contributed by atoms with Crippen LogP contribution in [0.5, 0.6) is 0 Å². The third-order valence-corrected chi connectivity index (χ3v) is 5.14. The van der Waals surface area contributed by atoms with Crippen molar-refractivity contribution < 1.29 is 38.1 Å². The van der Waals surface area contributed by atoms with Crippen molar-refractivity contribution in [2.45, 2.75) is 44.8 Å². The lowest BCUT2D eigenvalue weighted by atomic mass is 9.88. The molecule has 0 aromatic carbocycles. The lowest BCUT2D eigenvalue weighted by Gasteiger charge is -2.25. The molecule has 1 heterocycles. The van der Waals surface area contributed by atoms with Crippen LogP contribution in [-0.4, -0.2) is 49.3 Å². The molecular weight excluding hydrogens is 344 g/mol. The number of fused-ring (bicyclic) bond motifs is 1. The van der Waals surface area contributed by atoms with Gasteiger partial charge in [0.1, 0.15) is 25.4 Å². The Labute approximate surface area is 150 Å². The number of hydrogen-bond donors (Lipinski definition) is 0. The summed E-state index contributed by atoms with van der Waals surface area (Å²) in [5, 5.41) is 0. The molecule has 1 aliphatic heterocycles. The third kappa shape index (κ3) is 3.73. The Morgan fingerprint density at radius 3 is 2.54 bits per heavy atom. The molecule has 0 aromatic heterocycles. The third-order valence-electron chi connectivity index (χ3n) is 5.14. The fourth-order valence-corrected chi connectivity index (χ4v) is 3.96. The fourth-order valence-electron chi connectivity index (χ4n) is 3.96. The van der Waals surface area contributed by atoms with E-state index < -0.39 is 24.0 Å². The van der Waals surface area contributed by atoms with Crippen LogP contribution in [0.25, 0.3) is 0 Å². The molecule has 0 aromatic rings. The molecule has 0 amide bonds. The molecule has 3 rings (SSSR count). The van der Waals surface area contributed by atoms with Gasteiger partial charge in [0.2, 0.25) is 0 Å². The molecule has 1 saturated heterocycles. The van der Waals surface area contributed by atoms with Crippen LogP contribution in [0.2, 0.25) is 0 Å². The van der Waals surface area contributed by atoms with Gasteiger partial charge in [-0.3, -0.25) is 14.4 Å². The van der Waals surface area contributed by atoms with Crippen molar-refractivity contribution in [2.24, 2.45) is 17.8 Å². The van der Waals surface area contributed by atoms with Crippen LogP contribution >= 0.6 is 0 Å². The summed E-state index contributed by atoms with van der Waals surface area (Å²) >= 11 is 0. The van der Waals surface area contributed by atoms with Gasteiger partial charge in [-0.25, -0.2) is 4.79 Å². The summed E-state index contributed by atoms with van der Waals surface area (Å²) in [5.41, 5.74) is 0.263. The van der Waals surface area contributed by atoms with Crippen LogP contribution in [-0.2, 0) is 38.1 Å². The summed E-state index contributed by atoms with van der Waals surface area (Å²) < 4.78 is 20.4. The maximum Gasteiger partial charge on any atom is 0.333 e. The topological polar surface area (TPSA) is 105 Å². The number of hydrogen-bond acceptors (Lipinski definition) is 8. The molecule has 0 radical (unpaired) electrons. The first kappa shape index (κ1) is 18.4. The predicted octanol–water partition coefficient (Wildman–Crippen LogP) is 0.922. The summed E-state index contributed by atoms with van der Waals surface area (Å²) in [5.74, 6) is -1.52. The van der Waals surface area contributed by atoms with Crippen LogP contribution in [0.1, 0.15) is 32.6 Å². The normalized spacial score (nSPS) is 30.7. The van der Waals surface area contributed by atoms with Crippen LogP contribution < -0.4 is 0 Å². The highest BCUT2D eigenvalue weighted by Crippen LogP contribution is 2.55. The molecule has 8 heteroatoms. The minimum atomic E-state index is -0.575. The lowest BCUT2D eigenvalue weighted by Crippen LogP contribution is -2.36. The Hall–Kier alpha value is -2.38. The molecule has 3 fully saturated rings. The van der Waals surface area contributed by atoms with Gasteiger partial charge in [-0.05, 0) is 19.8 Å². The van der Waals surface area contributed by atoms with Gasteiger partial charge in [0, 0.05) is 17.4 Å². The van der Waals surface area contributed by atoms with E-state index in [-0.39, 0.29) is 61.5 Å². The van der Waals surface area contributed by atoms with E-state index in [9.17, 15) is 19.2 Å². The Bertz CT molecular complexity index is 639. The van der Waals surface area contributed by atoms with Crippen molar-refractivity contribution in [3.8, 4) is 0 Å². The molecule has 0 spiro atoms. The number of esters is 4. The second-order valence-electron chi connectivity index (χ2n) is 6.99. The summed E-state index contributed by atoms with van der Waals surface area (Å²) in [4.78, 5) is 46.4. The van der Waals surface area contributed by atoms with Crippen molar-refractivity contribution in [2.75, 3.05) is 13.2 Å². The van der Waals surface area contributed by atoms with Gasteiger partial charge in [0.15, 0.2) is 0 Å². The van der Waals surface area contributed by atoms with Crippen molar-refractivity contribution in [1.82, 2.24) is 0 Å². The van der Waals surface area contributed by atoms with Gasteiger partial charge in [0.25, 0.3) is 0 Å². The Balaban J connectivity index is 1.32. The molecule has 2 bridgehead atoms. The largest absolute Gasteiger partial charge is 0.462 e. The number of ether oxygens (including phenoxy) is 4. The summed E-state index contributed by atoms with van der Waals surface area (Å²) in [6.45, 7) is 4.79. The minimum absolute atomic E-state index is 0.0334. The van der Waals surface area contributed by atoms with Crippen molar-refractivity contribution >= 4 is 23.9 Å². The first-order valence-corrected chi connectivity index (χ1v) is 8.75. The Morgan fingerprint density at radius 2 is 1.81 bits per heavy atom. The van der Waals surface area contributed by atoms with E-state index in [4.69, 9.17) is 18.9 Å². The summed E-state index contributed by atoms with van der Waals surface area (Å²) in [6.07, 6.45) is 0.606. The van der Waals surface area contributed by atoms with E-state index in [0.29, 0.717) is 6.42 Å². The van der Waals surface area contributed by atoms with Crippen LogP contribution in [0, 0.1) is 17.8 Å². The maximum absolute atomic E-state index is 12.0. The number of carbonyl (C=O) groups is 4. The molecule has 3 aliphatic rings. The van der Waals surface area contributed by atoms with Crippen LogP contribution in [0.4, 0.5) is 0 Å². The highest BCUT2D eigenvalue weighted by molar-refractivity contribution is 5.86. The molecule has 142 valence electrons. The molecule has 5 unspecified atom stereocenters. The quantitative estimate of drug-likeness (QED) is 0.270. The number of carbonyl (C=O) groups excluding carboxylic acids is 4. The lowest BCUT2D eigenvalue weighted by molar-refractivity contribution is -0.163. The molecule has 8 nitrogen and oxygen atoms in total. The van der Waals surface area contributed by atoms with Gasteiger partial charge < -0.3 is 18.9 Å². The van der Waals surface area contributed by atoms with E-state index in [1.807, 2.05) is 0 Å². The van der Waals surface area contributed by atoms with E-state index in [1.54, 1.807) is 0 Å². The van der Waals surface area contributed by atoms with Crippen molar-refractivity contribution in [1.29, 1.82) is 0 Å². The highest BCUT2D eigenvalue weighted by Gasteiger charge is 2.63. The van der Waals surface area contributed by atoms with E-state index >= 15 is 0 Å². The average molecular weight is 366 g/mol. The SMILES string of the molecule is C=C(C)C(=O)OCCOC(=O)CCC(=O)OC1C2CC3C(=O)OC1C3C2. The molecule has 26 heavy (non-hydrogen) atoms. The van der Waals surface area contributed by atoms with Crippen molar-refractivity contribution in [3.63, 3.8) is 0 Å². The zero-order chi connectivity index (χ0) is 18.8. The Kier molecular flexibility index (Phi) is 5.29. The second kappa shape index (κ2) is 7.47. The zero-order valence-corrected chi connectivity index (χ0v) is 14.6. The maximum atomic E-state index is 12.0. The van der Waals surface area contributed by atoms with Gasteiger partial charge in [-0.1, -0.05) is 6.58 Å². The van der Waals surface area contributed by atoms with E-state index in [0.717, 1.165) is 6.42 Å². The molecule has 2 saturated carbocycles. The van der Waals surface area contributed by atoms with Crippen LogP contribution in [0.3, 0.4) is 0 Å². The average Bonchev–Trinajstić information content (AvgIpc) is 3.21. The standard InChI is InChI=1S/C18H22O8/c1-9(2)17(21)24-6-5-23-13(19)3-4-14(20)25-15-10-7-11-12(8-10)18(22)26-16(11)15/h10-12,15-16H,1,3-8H2,2H3. The van der Waals surface area contributed by atoms with Gasteiger partial charge in [-0.15, -0.1) is 0 Å². The van der Waals surface area contributed by atoms with Gasteiger partial charge in [0.05, 0.1) is 18.8 Å². The number of rotatable bonds is 8. The van der Waals surface area contributed by atoms with Crippen LogP contribution in [0.15, 0.2) is 12.2 Å². The monoisotopic (exact) mass is 366 g/mol. The predicted molar refractivity (Wildman–Crippen MR) is 85.4 cm³/mol. The molecule has 5 atom stereocenters. The first-order valence-electron chi connectivity index (χ1n) is 8.75. The van der Waals surface area contributed by atoms with Gasteiger partial charge in [-0.2, -0.15) is 0 Å². The summed E-state index contributed by atoms with van der Waals surface area (Å²) in [6, 6.07) is 0. The molecular formula is C18H22O8. The minimum Gasteiger partial charge on any atom is -0.462 e. The summed E-state index contributed by atoms with van der Waals surface area (Å²) in [7, 11) is 0. The van der Waals surface area contributed by atoms with E-state index in [1.165, 1.54) is 6.92 Å². The fraction of sp³-hybridized carbons (Fsp3) is 0.667. The second-order valence-corrected chi connectivity index (χ2v) is 6.99. The van der Waals surface area contributed by atoms with E-state index in [2.05, 4.69) is 6.58 Å². The molecule has 0 N–H and O–H groups in total. The smallest absolute Gasteiger partial charge is 0.333 e. The van der Waals surface area contributed by atoms with Crippen molar-refractivity contribution in [3.05, 3.63) is 12.2 Å². The first-order chi connectivity index (χ1) is 12.4. The Morgan fingerprint density at radius 1 is 1.12 bits per heavy atom.